The van der Waals surface area contributed by atoms with Crippen molar-refractivity contribution < 1.29 is 14.3 Å². The van der Waals surface area contributed by atoms with Gasteiger partial charge in [0.2, 0.25) is 5.91 Å². The van der Waals surface area contributed by atoms with Crippen molar-refractivity contribution in [1.29, 1.82) is 0 Å². The third-order valence-corrected chi connectivity index (χ3v) is 3.57. The number of amides is 1. The van der Waals surface area contributed by atoms with Gasteiger partial charge in [0.15, 0.2) is 0 Å². The van der Waals surface area contributed by atoms with Crippen molar-refractivity contribution in [2.45, 2.75) is 6.42 Å². The van der Waals surface area contributed by atoms with Crippen LogP contribution in [0.2, 0.25) is 0 Å². The van der Waals surface area contributed by atoms with Crippen LogP contribution in [0, 0.1) is 5.92 Å². The van der Waals surface area contributed by atoms with Gasteiger partial charge in [0.1, 0.15) is 5.75 Å². The number of hydrogen-bond acceptors (Lipinski definition) is 4. The predicted octanol–water partition coefficient (Wildman–Crippen LogP) is 0.671. The molecule has 1 aromatic carbocycles. The van der Waals surface area contributed by atoms with Crippen molar-refractivity contribution in [3.05, 3.63) is 29.8 Å². The van der Waals surface area contributed by atoms with Gasteiger partial charge in [0.05, 0.1) is 26.2 Å². The summed E-state index contributed by atoms with van der Waals surface area (Å²) in [6, 6.07) is 7.78. The van der Waals surface area contributed by atoms with E-state index in [0.29, 0.717) is 39.3 Å². The number of nitrogens with zero attached hydrogens (tertiary/aromatic N) is 1. The van der Waals surface area contributed by atoms with E-state index in [2.05, 4.69) is 0 Å². The van der Waals surface area contributed by atoms with Crippen molar-refractivity contribution >= 4 is 5.91 Å². The molecule has 5 nitrogen and oxygen atoms in total. The van der Waals surface area contributed by atoms with E-state index >= 15 is 0 Å². The fraction of sp³-hybridized carbons (Fsp3) is 0.533. The Labute approximate surface area is 119 Å². The average Bonchev–Trinajstić information content (AvgIpc) is 2.53. The van der Waals surface area contributed by atoms with Crippen molar-refractivity contribution in [2.24, 2.45) is 11.7 Å². The molecular weight excluding hydrogens is 256 g/mol. The zero-order chi connectivity index (χ0) is 14.4. The Hall–Kier alpha value is -1.59. The lowest BCUT2D eigenvalue weighted by molar-refractivity contribution is -0.139. The van der Waals surface area contributed by atoms with E-state index < -0.39 is 0 Å². The molecule has 1 atom stereocenters. The Morgan fingerprint density at radius 3 is 2.85 bits per heavy atom. The molecule has 1 aliphatic rings. The highest BCUT2D eigenvalue weighted by Gasteiger charge is 2.24. The first-order valence-corrected chi connectivity index (χ1v) is 6.94. The minimum Gasteiger partial charge on any atom is -0.497 e. The van der Waals surface area contributed by atoms with Crippen LogP contribution >= 0.6 is 0 Å². The second kappa shape index (κ2) is 7.26. The molecule has 1 saturated heterocycles. The largest absolute Gasteiger partial charge is 0.497 e. The molecule has 5 heteroatoms. The van der Waals surface area contributed by atoms with Gasteiger partial charge in [-0.3, -0.25) is 4.79 Å². The first-order valence-electron chi connectivity index (χ1n) is 6.94. The monoisotopic (exact) mass is 278 g/mol. The summed E-state index contributed by atoms with van der Waals surface area (Å²) in [5.41, 5.74) is 6.86. The van der Waals surface area contributed by atoms with Gasteiger partial charge >= 0.3 is 0 Å². The van der Waals surface area contributed by atoms with Crippen LogP contribution in [0.25, 0.3) is 0 Å². The van der Waals surface area contributed by atoms with Gasteiger partial charge < -0.3 is 20.1 Å². The fourth-order valence-corrected chi connectivity index (χ4v) is 2.40. The van der Waals surface area contributed by atoms with E-state index in [0.717, 1.165) is 11.3 Å². The van der Waals surface area contributed by atoms with E-state index in [1.807, 2.05) is 29.2 Å². The molecule has 1 aromatic rings. The molecule has 0 saturated carbocycles. The summed E-state index contributed by atoms with van der Waals surface area (Å²) in [6.07, 6.45) is 0.643. The number of nitrogens with two attached hydrogens (primary N) is 1. The molecule has 2 rings (SSSR count). The molecule has 0 aliphatic carbocycles. The highest BCUT2D eigenvalue weighted by molar-refractivity contribution is 5.79. The van der Waals surface area contributed by atoms with Crippen molar-refractivity contribution in [3.8, 4) is 5.75 Å². The SMILES string of the molecule is COc1cccc(CC(CN)C(=O)N2CCOCC2)c1. The second-order valence-corrected chi connectivity index (χ2v) is 4.93. The van der Waals surface area contributed by atoms with Crippen LogP contribution in [-0.2, 0) is 16.0 Å². The lowest BCUT2D eigenvalue weighted by Gasteiger charge is -2.30. The van der Waals surface area contributed by atoms with Crippen molar-refractivity contribution in [3.63, 3.8) is 0 Å². The molecule has 0 spiro atoms. The first-order chi connectivity index (χ1) is 9.74. The van der Waals surface area contributed by atoms with E-state index in [1.165, 1.54) is 0 Å². The molecule has 2 N–H and O–H groups in total. The van der Waals surface area contributed by atoms with Crippen LogP contribution in [0.1, 0.15) is 5.56 Å². The third kappa shape index (κ3) is 3.71. The van der Waals surface area contributed by atoms with E-state index in [-0.39, 0.29) is 11.8 Å². The van der Waals surface area contributed by atoms with Crippen LogP contribution in [0.3, 0.4) is 0 Å². The Kier molecular flexibility index (Phi) is 5.38. The summed E-state index contributed by atoms with van der Waals surface area (Å²) in [6.45, 7) is 2.90. The molecule has 1 fully saturated rings. The molecule has 0 bridgehead atoms. The number of morpholine rings is 1. The molecule has 1 unspecified atom stereocenters. The summed E-state index contributed by atoms with van der Waals surface area (Å²) in [5, 5.41) is 0. The highest BCUT2D eigenvalue weighted by Crippen LogP contribution is 2.17. The number of ether oxygens (including phenoxy) is 2. The summed E-state index contributed by atoms with van der Waals surface area (Å²) < 4.78 is 10.5. The molecule has 1 amide bonds. The van der Waals surface area contributed by atoms with E-state index in [4.69, 9.17) is 15.2 Å². The maximum atomic E-state index is 12.4. The zero-order valence-electron chi connectivity index (χ0n) is 11.9. The van der Waals surface area contributed by atoms with Crippen LogP contribution < -0.4 is 10.5 Å². The minimum atomic E-state index is -0.180. The van der Waals surface area contributed by atoms with Gasteiger partial charge in [0.25, 0.3) is 0 Å². The lowest BCUT2D eigenvalue weighted by atomic mass is 9.97. The number of carbonyl (C=O) groups is 1. The second-order valence-electron chi connectivity index (χ2n) is 4.93. The van der Waals surface area contributed by atoms with E-state index in [9.17, 15) is 4.79 Å². The van der Waals surface area contributed by atoms with Crippen LogP contribution in [0.4, 0.5) is 0 Å². The van der Waals surface area contributed by atoms with Crippen LogP contribution in [0.15, 0.2) is 24.3 Å². The summed E-state index contributed by atoms with van der Waals surface area (Å²) >= 11 is 0. The van der Waals surface area contributed by atoms with Crippen molar-refractivity contribution in [2.75, 3.05) is 40.0 Å². The molecule has 1 heterocycles. The van der Waals surface area contributed by atoms with Gasteiger partial charge in [-0.15, -0.1) is 0 Å². The Morgan fingerprint density at radius 2 is 2.20 bits per heavy atom. The molecule has 110 valence electrons. The maximum Gasteiger partial charge on any atom is 0.227 e. The third-order valence-electron chi connectivity index (χ3n) is 3.57. The number of methoxy groups -OCH3 is 1. The fourth-order valence-electron chi connectivity index (χ4n) is 2.40. The standard InChI is InChI=1S/C15H22N2O3/c1-19-14-4-2-3-12(10-14)9-13(11-16)15(18)17-5-7-20-8-6-17/h2-4,10,13H,5-9,11,16H2,1H3. The smallest absolute Gasteiger partial charge is 0.227 e. The van der Waals surface area contributed by atoms with Crippen molar-refractivity contribution in [1.82, 2.24) is 4.90 Å². The number of benzene rings is 1. The molecule has 1 aliphatic heterocycles. The predicted molar refractivity (Wildman–Crippen MR) is 76.6 cm³/mol. The normalized spacial score (nSPS) is 16.8. The van der Waals surface area contributed by atoms with Crippen LogP contribution in [0.5, 0.6) is 5.75 Å². The maximum absolute atomic E-state index is 12.4. The number of rotatable bonds is 5. The Bertz CT molecular complexity index is 444. The van der Waals surface area contributed by atoms with Gasteiger partial charge in [-0.05, 0) is 24.1 Å². The van der Waals surface area contributed by atoms with Crippen LogP contribution in [-0.4, -0.2) is 50.8 Å². The lowest BCUT2D eigenvalue weighted by Crippen LogP contribution is -2.45. The first kappa shape index (κ1) is 14.8. The van der Waals surface area contributed by atoms with Gasteiger partial charge in [-0.1, -0.05) is 12.1 Å². The van der Waals surface area contributed by atoms with Gasteiger partial charge in [0, 0.05) is 19.6 Å². The van der Waals surface area contributed by atoms with Gasteiger partial charge in [-0.2, -0.15) is 0 Å². The van der Waals surface area contributed by atoms with E-state index in [1.54, 1.807) is 7.11 Å². The number of hydrogen-bond donors (Lipinski definition) is 1. The Balaban J connectivity index is 2.01. The quantitative estimate of drug-likeness (QED) is 0.860. The molecule has 0 radical (unpaired) electrons. The summed E-state index contributed by atoms with van der Waals surface area (Å²) in [4.78, 5) is 14.3. The summed E-state index contributed by atoms with van der Waals surface area (Å²) in [7, 11) is 1.64. The van der Waals surface area contributed by atoms with Gasteiger partial charge in [-0.25, -0.2) is 0 Å². The topological polar surface area (TPSA) is 64.8 Å². The summed E-state index contributed by atoms with van der Waals surface area (Å²) in [5.74, 6) is 0.746. The minimum absolute atomic E-state index is 0.124. The molecule has 20 heavy (non-hydrogen) atoms. The molecule has 0 aromatic heterocycles. The Morgan fingerprint density at radius 1 is 1.45 bits per heavy atom. The average molecular weight is 278 g/mol. The number of carbonyl (C=O) groups excluding carboxylic acids is 1. The zero-order valence-corrected chi connectivity index (χ0v) is 11.9. The highest BCUT2D eigenvalue weighted by atomic mass is 16.5. The molecular formula is C15H22N2O3.